The van der Waals surface area contributed by atoms with Gasteiger partial charge in [-0.25, -0.2) is 0 Å². The topological polar surface area (TPSA) is 72.3 Å². The second-order valence-electron chi connectivity index (χ2n) is 2.75. The molecule has 0 unspecified atom stereocenters. The molecule has 0 aromatic rings. The van der Waals surface area contributed by atoms with Gasteiger partial charge < -0.3 is 16.3 Å². The molecule has 0 radical (unpaired) electrons. The van der Waals surface area contributed by atoms with Crippen molar-refractivity contribution in [2.45, 2.75) is 12.8 Å². The molecule has 4 N–H and O–H groups in total. The number of nitrogens with zero attached hydrogens (tertiary/aromatic N) is 1. The van der Waals surface area contributed by atoms with E-state index in [4.69, 9.17) is 11.5 Å². The summed E-state index contributed by atoms with van der Waals surface area (Å²) >= 11 is 0. The Balaban J connectivity index is 3.46. The summed E-state index contributed by atoms with van der Waals surface area (Å²) < 4.78 is 0. The third-order valence-corrected chi connectivity index (χ3v) is 1.69. The van der Waals surface area contributed by atoms with Crippen LogP contribution in [0.15, 0.2) is 0 Å². The van der Waals surface area contributed by atoms with E-state index in [1.54, 1.807) is 0 Å². The SMILES string of the molecule is NCCCN(CC=O)CCCN. The largest absolute Gasteiger partial charge is 0.330 e. The molecule has 4 nitrogen and oxygen atoms in total. The first-order valence-electron chi connectivity index (χ1n) is 4.41. The normalized spacial score (nSPS) is 10.6. The summed E-state index contributed by atoms with van der Waals surface area (Å²) in [5.74, 6) is 0. The average molecular weight is 173 g/mol. The van der Waals surface area contributed by atoms with Gasteiger partial charge >= 0.3 is 0 Å². The van der Waals surface area contributed by atoms with Crippen molar-refractivity contribution in [3.05, 3.63) is 0 Å². The van der Waals surface area contributed by atoms with E-state index in [-0.39, 0.29) is 0 Å². The van der Waals surface area contributed by atoms with E-state index in [9.17, 15) is 4.79 Å². The molecule has 0 spiro atoms. The van der Waals surface area contributed by atoms with E-state index >= 15 is 0 Å². The van der Waals surface area contributed by atoms with Crippen LogP contribution in [0.4, 0.5) is 0 Å². The zero-order chi connectivity index (χ0) is 9.23. The number of rotatable bonds is 8. The zero-order valence-corrected chi connectivity index (χ0v) is 7.54. The molecule has 0 atom stereocenters. The van der Waals surface area contributed by atoms with Gasteiger partial charge in [-0.05, 0) is 39.0 Å². The van der Waals surface area contributed by atoms with Crippen LogP contribution in [-0.4, -0.2) is 43.9 Å². The monoisotopic (exact) mass is 173 g/mol. The summed E-state index contributed by atoms with van der Waals surface area (Å²) in [6.45, 7) is 3.65. The highest BCUT2D eigenvalue weighted by atomic mass is 16.1. The number of aldehydes is 1. The fourth-order valence-electron chi connectivity index (χ4n) is 1.03. The van der Waals surface area contributed by atoms with Crippen molar-refractivity contribution >= 4 is 6.29 Å². The molecular weight excluding hydrogens is 154 g/mol. The highest BCUT2D eigenvalue weighted by molar-refractivity contribution is 5.51. The van der Waals surface area contributed by atoms with E-state index in [2.05, 4.69) is 4.90 Å². The minimum absolute atomic E-state index is 0.500. The lowest BCUT2D eigenvalue weighted by Gasteiger charge is -2.18. The quantitative estimate of drug-likeness (QED) is 0.471. The summed E-state index contributed by atoms with van der Waals surface area (Å²) in [5, 5.41) is 0. The predicted octanol–water partition coefficient (Wildman–Crippen LogP) is -0.815. The minimum atomic E-state index is 0.500. The fourth-order valence-corrected chi connectivity index (χ4v) is 1.03. The van der Waals surface area contributed by atoms with Crippen LogP contribution in [0.25, 0.3) is 0 Å². The summed E-state index contributed by atoms with van der Waals surface area (Å²) in [7, 11) is 0. The minimum Gasteiger partial charge on any atom is -0.330 e. The van der Waals surface area contributed by atoms with Crippen LogP contribution >= 0.6 is 0 Å². The molecule has 72 valence electrons. The Morgan fingerprint density at radius 3 is 1.92 bits per heavy atom. The van der Waals surface area contributed by atoms with Gasteiger partial charge in [-0.15, -0.1) is 0 Å². The van der Waals surface area contributed by atoms with Gasteiger partial charge in [0, 0.05) is 0 Å². The molecule has 0 bridgehead atoms. The highest BCUT2D eigenvalue weighted by Crippen LogP contribution is 1.91. The summed E-state index contributed by atoms with van der Waals surface area (Å²) in [4.78, 5) is 12.3. The van der Waals surface area contributed by atoms with Crippen molar-refractivity contribution in [3.63, 3.8) is 0 Å². The Labute approximate surface area is 73.9 Å². The standard InChI is InChI=1S/C8H19N3O/c9-3-1-5-11(7-8-12)6-2-4-10/h8H,1-7,9-10H2. The number of hydrogen-bond acceptors (Lipinski definition) is 4. The van der Waals surface area contributed by atoms with Gasteiger partial charge in [0.25, 0.3) is 0 Å². The van der Waals surface area contributed by atoms with Crippen LogP contribution in [0.1, 0.15) is 12.8 Å². The first kappa shape index (κ1) is 11.6. The first-order valence-corrected chi connectivity index (χ1v) is 4.41. The molecule has 12 heavy (non-hydrogen) atoms. The molecule has 0 amide bonds. The number of carbonyl (C=O) groups excluding carboxylic acids is 1. The third-order valence-electron chi connectivity index (χ3n) is 1.69. The van der Waals surface area contributed by atoms with Crippen LogP contribution < -0.4 is 11.5 Å². The van der Waals surface area contributed by atoms with Crippen LogP contribution in [0.5, 0.6) is 0 Å². The molecule has 0 aromatic carbocycles. The van der Waals surface area contributed by atoms with Gasteiger partial charge in [0.2, 0.25) is 0 Å². The molecule has 0 aliphatic rings. The molecule has 0 rings (SSSR count). The van der Waals surface area contributed by atoms with Crippen LogP contribution in [0.3, 0.4) is 0 Å². The number of carbonyl (C=O) groups is 1. The van der Waals surface area contributed by atoms with E-state index in [1.165, 1.54) is 0 Å². The molecule has 0 aliphatic heterocycles. The first-order chi connectivity index (χ1) is 5.85. The van der Waals surface area contributed by atoms with Crippen molar-refractivity contribution in [2.24, 2.45) is 11.5 Å². The summed E-state index contributed by atoms with van der Waals surface area (Å²) in [6.07, 6.45) is 2.81. The molecule has 0 saturated carbocycles. The Kier molecular flexibility index (Phi) is 8.32. The zero-order valence-electron chi connectivity index (χ0n) is 7.54. The molecular formula is C8H19N3O. The predicted molar refractivity (Wildman–Crippen MR) is 49.8 cm³/mol. The van der Waals surface area contributed by atoms with Crippen LogP contribution in [-0.2, 0) is 4.79 Å². The van der Waals surface area contributed by atoms with Gasteiger partial charge in [0.15, 0.2) is 0 Å². The third kappa shape index (κ3) is 6.27. The maximum absolute atomic E-state index is 10.2. The summed E-state index contributed by atoms with van der Waals surface area (Å²) in [5.41, 5.74) is 10.7. The maximum atomic E-state index is 10.2. The molecule has 0 saturated heterocycles. The van der Waals surface area contributed by atoms with E-state index < -0.39 is 0 Å². The van der Waals surface area contributed by atoms with Crippen molar-refractivity contribution in [1.29, 1.82) is 0 Å². The Hall–Kier alpha value is -0.450. The van der Waals surface area contributed by atoms with Gasteiger partial charge in [0.1, 0.15) is 6.29 Å². The van der Waals surface area contributed by atoms with E-state index in [0.717, 1.165) is 32.2 Å². The highest BCUT2D eigenvalue weighted by Gasteiger charge is 2.01. The van der Waals surface area contributed by atoms with Gasteiger partial charge in [-0.2, -0.15) is 0 Å². The lowest BCUT2D eigenvalue weighted by Crippen LogP contribution is -2.30. The van der Waals surface area contributed by atoms with Crippen molar-refractivity contribution < 1.29 is 4.79 Å². The Bertz CT molecular complexity index is 100. The van der Waals surface area contributed by atoms with Crippen molar-refractivity contribution in [1.82, 2.24) is 4.90 Å². The van der Waals surface area contributed by atoms with Gasteiger partial charge in [0.05, 0.1) is 6.54 Å². The second-order valence-corrected chi connectivity index (χ2v) is 2.75. The second kappa shape index (κ2) is 8.64. The van der Waals surface area contributed by atoms with Crippen LogP contribution in [0, 0.1) is 0 Å². The van der Waals surface area contributed by atoms with Gasteiger partial charge in [-0.1, -0.05) is 0 Å². The fraction of sp³-hybridized carbons (Fsp3) is 0.875. The smallest absolute Gasteiger partial charge is 0.133 e. The molecule has 0 aromatic heterocycles. The van der Waals surface area contributed by atoms with E-state index in [0.29, 0.717) is 19.6 Å². The molecule has 0 fully saturated rings. The number of nitrogens with two attached hydrogens (primary N) is 2. The van der Waals surface area contributed by atoms with E-state index in [1.807, 2.05) is 0 Å². The maximum Gasteiger partial charge on any atom is 0.133 e. The van der Waals surface area contributed by atoms with Gasteiger partial charge in [-0.3, -0.25) is 4.90 Å². The Morgan fingerprint density at radius 1 is 1.08 bits per heavy atom. The lowest BCUT2D eigenvalue weighted by atomic mass is 10.3. The summed E-state index contributed by atoms with van der Waals surface area (Å²) in [6, 6.07) is 0. The van der Waals surface area contributed by atoms with Crippen molar-refractivity contribution in [3.8, 4) is 0 Å². The number of hydrogen-bond donors (Lipinski definition) is 2. The van der Waals surface area contributed by atoms with Crippen molar-refractivity contribution in [2.75, 3.05) is 32.7 Å². The molecule has 0 aliphatic carbocycles. The van der Waals surface area contributed by atoms with Crippen LogP contribution in [0.2, 0.25) is 0 Å². The Morgan fingerprint density at radius 2 is 1.58 bits per heavy atom. The molecule has 0 heterocycles. The molecule has 4 heteroatoms. The average Bonchev–Trinajstić information content (AvgIpc) is 2.10. The lowest BCUT2D eigenvalue weighted by molar-refractivity contribution is -0.108.